The number of halogens is 6. The minimum absolute atomic E-state index is 0.00761. The van der Waals surface area contributed by atoms with Gasteiger partial charge >= 0.3 is 12.2 Å². The number of alkyl halides is 4. The molecule has 8 heteroatoms. The summed E-state index contributed by atoms with van der Waals surface area (Å²) in [6.07, 6.45) is -1.46. The van der Waals surface area contributed by atoms with Crippen molar-refractivity contribution < 1.29 is 35.8 Å². The van der Waals surface area contributed by atoms with Gasteiger partial charge in [0.05, 0.1) is 5.56 Å². The van der Waals surface area contributed by atoms with Gasteiger partial charge in [-0.15, -0.1) is 0 Å². The van der Waals surface area contributed by atoms with Crippen molar-refractivity contribution in [2.24, 2.45) is 0 Å². The van der Waals surface area contributed by atoms with Crippen molar-refractivity contribution in [3.05, 3.63) is 94.6 Å². The van der Waals surface area contributed by atoms with Crippen LogP contribution in [0.25, 0.3) is 0 Å². The van der Waals surface area contributed by atoms with E-state index in [9.17, 15) is 26.3 Å². The van der Waals surface area contributed by atoms with Crippen molar-refractivity contribution >= 4 is 0 Å². The summed E-state index contributed by atoms with van der Waals surface area (Å²) in [6.45, 7) is 4.05. The first-order valence-electron chi connectivity index (χ1n) is 12.9. The maximum atomic E-state index is 14.7. The second-order valence-corrected chi connectivity index (χ2v) is 9.22. The molecular weight excluding hydrogens is 506 g/mol. The maximum Gasteiger partial charge on any atom is 0.429 e. The highest BCUT2D eigenvalue weighted by Crippen LogP contribution is 2.37. The Bertz CT molecular complexity index is 1160. The van der Waals surface area contributed by atoms with Gasteiger partial charge in [0.25, 0.3) is 0 Å². The Morgan fingerprint density at radius 3 is 1.68 bits per heavy atom. The zero-order chi connectivity index (χ0) is 27.8. The molecule has 3 aromatic rings. The third-order valence-electron chi connectivity index (χ3n) is 6.20. The van der Waals surface area contributed by atoms with Crippen LogP contribution in [-0.4, -0.2) is 0 Å². The number of rotatable bonds is 14. The molecule has 3 aromatic carbocycles. The topological polar surface area (TPSA) is 18.5 Å². The lowest BCUT2D eigenvalue weighted by molar-refractivity contribution is -0.188. The number of unbranched alkanes of at least 4 members (excludes halogenated alkanes) is 4. The van der Waals surface area contributed by atoms with Gasteiger partial charge in [-0.2, -0.15) is 17.6 Å². The van der Waals surface area contributed by atoms with Crippen LogP contribution in [0.2, 0.25) is 0 Å². The lowest BCUT2D eigenvalue weighted by Gasteiger charge is -2.21. The minimum atomic E-state index is -4.23. The van der Waals surface area contributed by atoms with Crippen LogP contribution in [0.4, 0.5) is 26.3 Å². The lowest BCUT2D eigenvalue weighted by Crippen LogP contribution is -2.25. The molecule has 0 aliphatic carbocycles. The van der Waals surface area contributed by atoms with Crippen molar-refractivity contribution in [1.82, 2.24) is 0 Å². The van der Waals surface area contributed by atoms with Crippen molar-refractivity contribution in [2.75, 3.05) is 0 Å². The maximum absolute atomic E-state index is 14.7. The molecule has 0 unspecified atom stereocenters. The number of hydrogen-bond donors (Lipinski definition) is 0. The van der Waals surface area contributed by atoms with E-state index in [4.69, 9.17) is 4.74 Å². The Labute approximate surface area is 219 Å². The highest BCUT2D eigenvalue weighted by atomic mass is 19.3. The highest BCUT2D eigenvalue weighted by Gasteiger charge is 2.40. The molecule has 0 aliphatic heterocycles. The van der Waals surface area contributed by atoms with Crippen LogP contribution in [0.15, 0.2) is 60.7 Å². The Morgan fingerprint density at radius 2 is 1.11 bits per heavy atom. The largest absolute Gasteiger partial charge is 0.429 e. The summed E-state index contributed by atoms with van der Waals surface area (Å²) >= 11 is 0. The molecule has 0 aliphatic rings. The fourth-order valence-electron chi connectivity index (χ4n) is 4.00. The zero-order valence-corrected chi connectivity index (χ0v) is 21.5. The smallest absolute Gasteiger partial charge is 0.429 e. The van der Waals surface area contributed by atoms with Crippen molar-refractivity contribution in [3.8, 4) is 11.5 Å². The molecule has 0 bridgehead atoms. The van der Waals surface area contributed by atoms with E-state index in [1.165, 1.54) is 12.1 Å². The Kier molecular flexibility index (Phi) is 10.1. The monoisotopic (exact) mass is 538 g/mol. The van der Waals surface area contributed by atoms with E-state index < -0.39 is 40.7 Å². The van der Waals surface area contributed by atoms with Crippen LogP contribution in [0.3, 0.4) is 0 Å². The van der Waals surface area contributed by atoms with Crippen molar-refractivity contribution in [3.63, 3.8) is 0 Å². The van der Waals surface area contributed by atoms with Gasteiger partial charge < -0.3 is 9.47 Å². The van der Waals surface area contributed by atoms with Crippen LogP contribution >= 0.6 is 0 Å². The lowest BCUT2D eigenvalue weighted by atomic mass is 10.0. The molecule has 0 fully saturated rings. The highest BCUT2D eigenvalue weighted by molar-refractivity contribution is 5.34. The molecule has 3 rings (SSSR count). The summed E-state index contributed by atoms with van der Waals surface area (Å²) in [5.41, 5.74) is -0.841. The molecule has 0 saturated carbocycles. The molecule has 0 amide bonds. The third-order valence-corrected chi connectivity index (χ3v) is 6.20. The molecule has 0 radical (unpaired) electrons. The first-order valence-corrected chi connectivity index (χ1v) is 12.9. The van der Waals surface area contributed by atoms with Gasteiger partial charge in [0.2, 0.25) is 0 Å². The Balaban J connectivity index is 1.67. The van der Waals surface area contributed by atoms with E-state index in [0.717, 1.165) is 80.5 Å². The minimum Gasteiger partial charge on any atom is -0.429 e. The second-order valence-electron chi connectivity index (χ2n) is 9.22. The molecule has 0 aromatic heterocycles. The molecule has 0 spiro atoms. The average molecular weight is 539 g/mol. The summed E-state index contributed by atoms with van der Waals surface area (Å²) in [7, 11) is 0. The number of ether oxygens (including phenoxy) is 2. The molecule has 0 atom stereocenters. The van der Waals surface area contributed by atoms with Gasteiger partial charge in [0.1, 0.15) is 17.1 Å². The van der Waals surface area contributed by atoms with Gasteiger partial charge in [-0.05, 0) is 79.3 Å². The molecule has 2 nitrogen and oxygen atoms in total. The van der Waals surface area contributed by atoms with Gasteiger partial charge in [0.15, 0.2) is 11.6 Å². The van der Waals surface area contributed by atoms with Crippen LogP contribution in [-0.2, 0) is 25.1 Å². The number of hydrogen-bond acceptors (Lipinski definition) is 2. The summed E-state index contributed by atoms with van der Waals surface area (Å²) in [5.74, 6) is -3.59. The van der Waals surface area contributed by atoms with E-state index in [1.807, 2.05) is 6.92 Å². The van der Waals surface area contributed by atoms with Gasteiger partial charge in [-0.1, -0.05) is 57.7 Å². The van der Waals surface area contributed by atoms with Crippen molar-refractivity contribution in [2.45, 2.75) is 77.4 Å². The molecule has 0 saturated heterocycles. The van der Waals surface area contributed by atoms with Crippen LogP contribution in [0.1, 0.15) is 74.6 Å². The SMILES string of the molecule is CCCCCc1ccc(OC(F)(F)c2ccc(OC(F)(F)c3ccc(CCCCC)c(F)c3F)cc2)cc1. The first-order chi connectivity index (χ1) is 18.1. The first kappa shape index (κ1) is 29.4. The summed E-state index contributed by atoms with van der Waals surface area (Å²) in [6, 6.07) is 11.8. The number of benzene rings is 3. The fourth-order valence-corrected chi connectivity index (χ4v) is 4.00. The second kappa shape index (κ2) is 13.1. The molecular formula is C30H32F6O2. The van der Waals surface area contributed by atoms with Crippen LogP contribution in [0, 0.1) is 11.6 Å². The quantitative estimate of drug-likeness (QED) is 0.150. The molecule has 206 valence electrons. The molecule has 0 heterocycles. The van der Waals surface area contributed by atoms with Gasteiger partial charge in [-0.3, -0.25) is 0 Å². The van der Waals surface area contributed by atoms with E-state index in [1.54, 1.807) is 12.1 Å². The van der Waals surface area contributed by atoms with E-state index in [2.05, 4.69) is 11.7 Å². The summed E-state index contributed by atoms with van der Waals surface area (Å²) in [4.78, 5) is 0. The normalized spacial score (nSPS) is 12.0. The van der Waals surface area contributed by atoms with E-state index in [-0.39, 0.29) is 17.7 Å². The summed E-state index contributed by atoms with van der Waals surface area (Å²) < 4.78 is 96.9. The van der Waals surface area contributed by atoms with Crippen molar-refractivity contribution in [1.29, 1.82) is 0 Å². The van der Waals surface area contributed by atoms with E-state index in [0.29, 0.717) is 6.42 Å². The molecule has 38 heavy (non-hydrogen) atoms. The van der Waals surface area contributed by atoms with Gasteiger partial charge in [-0.25, -0.2) is 8.78 Å². The number of aryl methyl sites for hydroxylation is 2. The third kappa shape index (κ3) is 7.68. The fraction of sp³-hybridized carbons (Fsp3) is 0.400. The molecule has 0 N–H and O–H groups in total. The average Bonchev–Trinajstić information content (AvgIpc) is 2.87. The standard InChI is InChI=1S/C30H32F6O2/c1-3-5-7-9-21-11-16-24(17-12-21)37-29(33,34)23-14-18-25(19-15-23)38-30(35,36)26-20-13-22(10-8-6-4-2)27(31)28(26)32/h11-20H,3-10H2,1-2H3. The Hall–Kier alpha value is -3.16. The predicted octanol–water partition coefficient (Wildman–Crippen LogP) is 9.69. The van der Waals surface area contributed by atoms with Crippen LogP contribution < -0.4 is 9.47 Å². The zero-order valence-electron chi connectivity index (χ0n) is 21.5. The summed E-state index contributed by atoms with van der Waals surface area (Å²) in [5, 5.41) is 0. The predicted molar refractivity (Wildman–Crippen MR) is 135 cm³/mol. The van der Waals surface area contributed by atoms with Gasteiger partial charge in [0, 0.05) is 0 Å². The Morgan fingerprint density at radius 1 is 0.579 bits per heavy atom. The van der Waals surface area contributed by atoms with Crippen LogP contribution in [0.5, 0.6) is 11.5 Å². The van der Waals surface area contributed by atoms with E-state index >= 15 is 0 Å².